The second-order valence-corrected chi connectivity index (χ2v) is 7.59. The molecule has 8 heteroatoms. The first-order chi connectivity index (χ1) is 11.5. The smallest absolute Gasteiger partial charge is 0.341 e. The largest absolute Gasteiger partial charge is 0.496 e. The van der Waals surface area contributed by atoms with Gasteiger partial charge in [-0.15, -0.1) is 0 Å². The van der Waals surface area contributed by atoms with Crippen molar-refractivity contribution >= 4 is 34.3 Å². The van der Waals surface area contributed by atoms with Gasteiger partial charge in [0.2, 0.25) is 5.78 Å². The lowest BCUT2D eigenvalue weighted by atomic mass is 9.87. The number of benzene rings is 1. The van der Waals surface area contributed by atoms with E-state index in [2.05, 4.69) is 5.32 Å². The van der Waals surface area contributed by atoms with E-state index in [9.17, 15) is 24.2 Å². The predicted octanol–water partition coefficient (Wildman–Crippen LogP) is 2.59. The van der Waals surface area contributed by atoms with Crippen molar-refractivity contribution in [2.24, 2.45) is 5.41 Å². The van der Waals surface area contributed by atoms with E-state index in [4.69, 9.17) is 4.74 Å². The molecule has 25 heavy (non-hydrogen) atoms. The lowest BCUT2D eigenvalue weighted by molar-refractivity contribution is -0.132. The van der Waals surface area contributed by atoms with Crippen LogP contribution in [0.1, 0.15) is 31.1 Å². The van der Waals surface area contributed by atoms with Gasteiger partial charge >= 0.3 is 5.97 Å². The Morgan fingerprint density at radius 2 is 2.00 bits per heavy atom. The molecule has 3 N–H and O–H groups in total. The van der Waals surface area contributed by atoms with Gasteiger partial charge in [-0.2, -0.15) is 0 Å². The molecule has 0 saturated heterocycles. The molecule has 1 atom stereocenters. The Hall–Kier alpha value is -1.68. The van der Waals surface area contributed by atoms with Crippen LogP contribution < -0.4 is 10.1 Å². The number of ether oxygens (including phenoxy) is 1. The zero-order chi connectivity index (χ0) is 19.4. The van der Waals surface area contributed by atoms with Crippen LogP contribution in [0.2, 0.25) is 0 Å². The number of aliphatic carboxylic acids is 1. The summed E-state index contributed by atoms with van der Waals surface area (Å²) in [7, 11) is 1.27. The van der Waals surface area contributed by atoms with Crippen LogP contribution >= 0.6 is 22.6 Å². The van der Waals surface area contributed by atoms with Crippen LogP contribution in [0.3, 0.4) is 0 Å². The van der Waals surface area contributed by atoms with Gasteiger partial charge in [0.05, 0.1) is 25.3 Å². The van der Waals surface area contributed by atoms with Gasteiger partial charge in [-0.1, -0.05) is 20.8 Å². The normalized spacial score (nSPS) is 13.3. The average Bonchev–Trinajstić information content (AvgIpc) is 2.51. The van der Waals surface area contributed by atoms with Crippen molar-refractivity contribution in [3.63, 3.8) is 0 Å². The minimum Gasteiger partial charge on any atom is -0.496 e. The molecular weight excluding hydrogens is 444 g/mol. The molecule has 0 spiro atoms. The quantitative estimate of drug-likeness (QED) is 0.189. The first-order valence-electron chi connectivity index (χ1n) is 7.41. The number of ketones is 1. The number of hydrogen-bond acceptors (Lipinski definition) is 5. The lowest BCUT2D eigenvalue weighted by Gasteiger charge is -2.29. The van der Waals surface area contributed by atoms with Crippen molar-refractivity contribution in [3.8, 4) is 5.75 Å². The fourth-order valence-electron chi connectivity index (χ4n) is 2.00. The predicted molar refractivity (Wildman–Crippen MR) is 99.2 cm³/mol. The lowest BCUT2D eigenvalue weighted by Crippen LogP contribution is -2.41. The number of carbonyl (C=O) groups excluding carboxylic acids is 1. The molecule has 6 nitrogen and oxygen atoms in total. The van der Waals surface area contributed by atoms with Gasteiger partial charge in [-0.3, -0.25) is 4.79 Å². The molecule has 1 aromatic rings. The van der Waals surface area contributed by atoms with E-state index >= 15 is 0 Å². The Kier molecular flexibility index (Phi) is 7.36. The van der Waals surface area contributed by atoms with E-state index in [1.807, 2.05) is 20.8 Å². The van der Waals surface area contributed by atoms with Gasteiger partial charge in [0.15, 0.2) is 0 Å². The number of rotatable bonds is 7. The number of carboxylic acid groups (broad SMARTS) is 1. The molecule has 0 aliphatic rings. The van der Waals surface area contributed by atoms with E-state index in [0.717, 1.165) is 12.3 Å². The molecule has 138 valence electrons. The molecule has 0 amide bonds. The molecule has 1 rings (SSSR count). The van der Waals surface area contributed by atoms with Gasteiger partial charge in [0.1, 0.15) is 17.1 Å². The zero-order valence-electron chi connectivity index (χ0n) is 14.4. The van der Waals surface area contributed by atoms with Crippen molar-refractivity contribution in [1.82, 2.24) is 5.32 Å². The highest BCUT2D eigenvalue weighted by Gasteiger charge is 2.27. The number of aliphatic hydroxyl groups is 1. The van der Waals surface area contributed by atoms with E-state index < -0.39 is 29.2 Å². The number of nitrogens with one attached hydrogen (secondary N) is 1. The monoisotopic (exact) mass is 465 g/mol. The molecule has 0 heterocycles. The van der Waals surface area contributed by atoms with Crippen LogP contribution in [0, 0.1) is 14.8 Å². The first kappa shape index (κ1) is 21.4. The number of methoxy groups -OCH3 is 1. The fraction of sp³-hybridized carbons (Fsp3) is 0.412. The summed E-state index contributed by atoms with van der Waals surface area (Å²) in [5.41, 5.74) is -0.954. The van der Waals surface area contributed by atoms with Crippen molar-refractivity contribution < 1.29 is 28.9 Å². The highest BCUT2D eigenvalue weighted by molar-refractivity contribution is 14.1. The molecule has 0 aliphatic heterocycles. The third-order valence-corrected chi connectivity index (χ3v) is 4.45. The number of hydrogen-bond donors (Lipinski definition) is 3. The maximum absolute atomic E-state index is 13.6. The standard InChI is InChI=1S/C17H21FINO5/c1-17(2,3)14(8-21)20-7-10(16(23)24)15(22)9-5-12(19)11(18)6-13(9)25-4/h5-7,14,20-21H,8H2,1-4H3,(H,23,24)/b10-7-. The molecule has 1 aromatic carbocycles. The van der Waals surface area contributed by atoms with E-state index in [1.54, 1.807) is 22.6 Å². The van der Waals surface area contributed by atoms with Crippen LogP contribution in [-0.2, 0) is 4.79 Å². The van der Waals surface area contributed by atoms with Gasteiger partial charge < -0.3 is 20.3 Å². The number of carboxylic acids is 1. The number of aliphatic hydroxyl groups excluding tert-OH is 1. The van der Waals surface area contributed by atoms with Gasteiger partial charge in [0, 0.05) is 15.8 Å². The molecule has 0 aliphatic carbocycles. The van der Waals surface area contributed by atoms with Gasteiger partial charge in [0.25, 0.3) is 0 Å². The first-order valence-corrected chi connectivity index (χ1v) is 8.48. The second kappa shape index (κ2) is 8.61. The van der Waals surface area contributed by atoms with E-state index in [0.29, 0.717) is 0 Å². The minimum atomic E-state index is -1.44. The molecule has 0 bridgehead atoms. The Morgan fingerprint density at radius 3 is 2.44 bits per heavy atom. The summed E-state index contributed by atoms with van der Waals surface area (Å²) in [6, 6.07) is 1.82. The Morgan fingerprint density at radius 1 is 1.40 bits per heavy atom. The van der Waals surface area contributed by atoms with Crippen LogP contribution in [0.5, 0.6) is 5.75 Å². The summed E-state index contributed by atoms with van der Waals surface area (Å²) in [6.07, 6.45) is 1.06. The topological polar surface area (TPSA) is 95.9 Å². The molecule has 0 saturated carbocycles. The zero-order valence-corrected chi connectivity index (χ0v) is 16.5. The Balaban J connectivity index is 3.28. The highest BCUT2D eigenvalue weighted by atomic mass is 127. The Bertz CT molecular complexity index is 697. The molecular formula is C17H21FINO5. The van der Waals surface area contributed by atoms with Crippen molar-refractivity contribution in [2.75, 3.05) is 13.7 Å². The maximum atomic E-state index is 13.6. The number of carbonyl (C=O) groups is 2. The third-order valence-electron chi connectivity index (χ3n) is 3.62. The fourth-order valence-corrected chi connectivity index (χ4v) is 2.47. The molecule has 1 unspecified atom stereocenters. The van der Waals surface area contributed by atoms with Crippen LogP contribution in [0.4, 0.5) is 4.39 Å². The second-order valence-electron chi connectivity index (χ2n) is 6.43. The number of halogens is 2. The maximum Gasteiger partial charge on any atom is 0.341 e. The average molecular weight is 465 g/mol. The molecule has 0 radical (unpaired) electrons. The molecule has 0 aromatic heterocycles. The van der Waals surface area contributed by atoms with Crippen LogP contribution in [-0.4, -0.2) is 41.7 Å². The number of Topliss-reactive ketones (excluding diaryl/α,β-unsaturated/α-hetero) is 1. The SMILES string of the molecule is COc1cc(F)c(I)cc1C(=O)/C(=C/NC(CO)C(C)(C)C)C(=O)O. The summed E-state index contributed by atoms with van der Waals surface area (Å²) in [5.74, 6) is -2.88. The van der Waals surface area contributed by atoms with Crippen molar-refractivity contribution in [3.05, 3.63) is 38.9 Å². The van der Waals surface area contributed by atoms with Crippen molar-refractivity contribution in [2.45, 2.75) is 26.8 Å². The van der Waals surface area contributed by atoms with E-state index in [1.165, 1.54) is 13.2 Å². The summed E-state index contributed by atoms with van der Waals surface area (Å²) in [4.78, 5) is 24.1. The third kappa shape index (κ3) is 5.40. The Labute approximate surface area is 159 Å². The summed E-state index contributed by atoms with van der Waals surface area (Å²) < 4.78 is 18.8. The molecule has 0 fully saturated rings. The van der Waals surface area contributed by atoms with E-state index in [-0.39, 0.29) is 26.9 Å². The van der Waals surface area contributed by atoms with Crippen LogP contribution in [0.15, 0.2) is 23.9 Å². The highest BCUT2D eigenvalue weighted by Crippen LogP contribution is 2.26. The van der Waals surface area contributed by atoms with Gasteiger partial charge in [-0.05, 0) is 34.1 Å². The summed E-state index contributed by atoms with van der Waals surface area (Å²) in [6.45, 7) is 5.35. The van der Waals surface area contributed by atoms with Gasteiger partial charge in [-0.25, -0.2) is 9.18 Å². The summed E-state index contributed by atoms with van der Waals surface area (Å²) in [5, 5.41) is 21.6. The van der Waals surface area contributed by atoms with Crippen LogP contribution in [0.25, 0.3) is 0 Å². The van der Waals surface area contributed by atoms with Crippen molar-refractivity contribution in [1.29, 1.82) is 0 Å². The minimum absolute atomic E-state index is 0.0513. The summed E-state index contributed by atoms with van der Waals surface area (Å²) >= 11 is 1.71.